The van der Waals surface area contributed by atoms with Gasteiger partial charge in [0, 0.05) is 31.4 Å². The Balaban J connectivity index is 0.00000364. The van der Waals surface area contributed by atoms with Gasteiger partial charge < -0.3 is 20.5 Å². The number of halogens is 1. The number of guanidine groups is 1. The summed E-state index contributed by atoms with van der Waals surface area (Å²) in [5.74, 6) is 1.24. The Bertz CT molecular complexity index is 718. The largest absolute Gasteiger partial charge is 0.493 e. The molecule has 0 aliphatic rings. The normalized spacial score (nSPS) is 11.0. The van der Waals surface area contributed by atoms with Crippen LogP contribution in [0.15, 0.2) is 47.5 Å². The number of methoxy groups -OCH3 is 1. The van der Waals surface area contributed by atoms with Crippen LogP contribution in [-0.4, -0.2) is 26.3 Å². The summed E-state index contributed by atoms with van der Waals surface area (Å²) >= 11 is 0. The third-order valence-electron chi connectivity index (χ3n) is 4.03. The highest BCUT2D eigenvalue weighted by Gasteiger charge is 2.05. The SMILES string of the molecule is CCc1ccc(NC(N)=NCc2ccc(C)cc2OCCCOC)cc1.I. The zero-order chi connectivity index (χ0) is 18.8. The predicted octanol–water partition coefficient (Wildman–Crippen LogP) is 4.52. The zero-order valence-electron chi connectivity index (χ0n) is 16.3. The molecule has 2 aromatic rings. The molecule has 0 saturated heterocycles. The van der Waals surface area contributed by atoms with Gasteiger partial charge in [0.25, 0.3) is 0 Å². The van der Waals surface area contributed by atoms with Crippen molar-refractivity contribution in [2.75, 3.05) is 25.6 Å². The fraction of sp³-hybridized carbons (Fsp3) is 0.381. The van der Waals surface area contributed by atoms with Crippen molar-refractivity contribution in [3.05, 3.63) is 59.2 Å². The standard InChI is InChI=1S/C21H29N3O2.HI/c1-4-17-7-10-19(11-8-17)24-21(22)23-15-18-9-6-16(2)14-20(18)26-13-5-12-25-3;/h6-11,14H,4-5,12-13,15H2,1-3H3,(H3,22,23,24);1H. The summed E-state index contributed by atoms with van der Waals surface area (Å²) in [5, 5.41) is 3.12. The van der Waals surface area contributed by atoms with E-state index in [-0.39, 0.29) is 24.0 Å². The van der Waals surface area contributed by atoms with Gasteiger partial charge in [0.2, 0.25) is 0 Å². The average molecular weight is 483 g/mol. The maximum absolute atomic E-state index is 6.03. The quantitative estimate of drug-likeness (QED) is 0.238. The van der Waals surface area contributed by atoms with E-state index in [4.69, 9.17) is 15.2 Å². The molecule has 0 aromatic heterocycles. The summed E-state index contributed by atoms with van der Waals surface area (Å²) in [6.45, 7) is 5.95. The predicted molar refractivity (Wildman–Crippen MR) is 123 cm³/mol. The Kier molecular flexibility index (Phi) is 10.8. The molecule has 148 valence electrons. The van der Waals surface area contributed by atoms with Crippen LogP contribution in [0, 0.1) is 6.92 Å². The summed E-state index contributed by atoms with van der Waals surface area (Å²) in [6.07, 6.45) is 1.87. The van der Waals surface area contributed by atoms with Gasteiger partial charge in [-0.3, -0.25) is 0 Å². The van der Waals surface area contributed by atoms with E-state index < -0.39 is 0 Å². The molecule has 2 rings (SSSR count). The number of hydrogen-bond acceptors (Lipinski definition) is 3. The van der Waals surface area contributed by atoms with E-state index in [1.165, 1.54) is 5.56 Å². The van der Waals surface area contributed by atoms with Crippen molar-refractivity contribution >= 4 is 35.6 Å². The number of anilines is 1. The first-order valence-electron chi connectivity index (χ1n) is 8.99. The lowest BCUT2D eigenvalue weighted by molar-refractivity contribution is 0.172. The van der Waals surface area contributed by atoms with Gasteiger partial charge in [-0.25, -0.2) is 4.99 Å². The first-order chi connectivity index (χ1) is 12.6. The highest BCUT2D eigenvalue weighted by Crippen LogP contribution is 2.21. The van der Waals surface area contributed by atoms with Crippen LogP contribution in [0.4, 0.5) is 5.69 Å². The number of ether oxygens (including phenoxy) is 2. The summed E-state index contributed by atoms with van der Waals surface area (Å²) in [4.78, 5) is 4.45. The molecular weight excluding hydrogens is 453 g/mol. The van der Waals surface area contributed by atoms with E-state index in [9.17, 15) is 0 Å². The molecule has 0 fully saturated rings. The third-order valence-corrected chi connectivity index (χ3v) is 4.03. The molecule has 0 radical (unpaired) electrons. The third kappa shape index (κ3) is 8.17. The maximum atomic E-state index is 6.03. The fourth-order valence-corrected chi connectivity index (χ4v) is 2.49. The number of nitrogens with two attached hydrogens (primary N) is 1. The van der Waals surface area contributed by atoms with E-state index in [1.807, 2.05) is 31.2 Å². The molecule has 0 atom stereocenters. The van der Waals surface area contributed by atoms with E-state index in [1.54, 1.807) is 7.11 Å². The van der Waals surface area contributed by atoms with E-state index in [0.717, 1.165) is 35.4 Å². The van der Waals surface area contributed by atoms with E-state index in [0.29, 0.717) is 25.7 Å². The smallest absolute Gasteiger partial charge is 0.193 e. The topological polar surface area (TPSA) is 68.9 Å². The van der Waals surface area contributed by atoms with Crippen molar-refractivity contribution in [3.8, 4) is 5.75 Å². The van der Waals surface area contributed by atoms with Crippen molar-refractivity contribution in [1.29, 1.82) is 0 Å². The minimum absolute atomic E-state index is 0. The number of hydrogen-bond donors (Lipinski definition) is 2. The number of aryl methyl sites for hydroxylation is 2. The maximum Gasteiger partial charge on any atom is 0.193 e. The molecule has 0 saturated carbocycles. The van der Waals surface area contributed by atoms with Gasteiger partial charge in [0.1, 0.15) is 5.75 Å². The molecule has 0 bridgehead atoms. The van der Waals surface area contributed by atoms with Gasteiger partial charge in [-0.1, -0.05) is 31.2 Å². The number of benzene rings is 2. The minimum Gasteiger partial charge on any atom is -0.493 e. The van der Waals surface area contributed by atoms with Crippen molar-refractivity contribution in [2.45, 2.75) is 33.2 Å². The van der Waals surface area contributed by atoms with Gasteiger partial charge in [0.15, 0.2) is 5.96 Å². The van der Waals surface area contributed by atoms with Crippen LogP contribution in [0.3, 0.4) is 0 Å². The van der Waals surface area contributed by atoms with Gasteiger partial charge in [-0.2, -0.15) is 0 Å². The van der Waals surface area contributed by atoms with Crippen LogP contribution < -0.4 is 15.8 Å². The van der Waals surface area contributed by atoms with Gasteiger partial charge >= 0.3 is 0 Å². The summed E-state index contributed by atoms with van der Waals surface area (Å²) in [6, 6.07) is 14.3. The Labute approximate surface area is 179 Å². The molecule has 0 unspecified atom stereocenters. The molecule has 0 aliphatic carbocycles. The Hall–Kier alpha value is -1.80. The lowest BCUT2D eigenvalue weighted by Crippen LogP contribution is -2.22. The van der Waals surface area contributed by atoms with Gasteiger partial charge in [-0.05, 0) is 42.7 Å². The Morgan fingerprint density at radius 3 is 2.52 bits per heavy atom. The van der Waals surface area contributed by atoms with Gasteiger partial charge in [0.05, 0.1) is 13.2 Å². The molecule has 3 N–H and O–H groups in total. The fourth-order valence-electron chi connectivity index (χ4n) is 2.49. The van der Waals surface area contributed by atoms with Crippen LogP contribution in [-0.2, 0) is 17.7 Å². The second kappa shape index (κ2) is 12.6. The minimum atomic E-state index is 0. The van der Waals surface area contributed by atoms with Crippen LogP contribution >= 0.6 is 24.0 Å². The van der Waals surface area contributed by atoms with Crippen LogP contribution in [0.5, 0.6) is 5.75 Å². The molecule has 2 aromatic carbocycles. The molecular formula is C21H30IN3O2. The van der Waals surface area contributed by atoms with Gasteiger partial charge in [-0.15, -0.1) is 24.0 Å². The summed E-state index contributed by atoms with van der Waals surface area (Å²) in [5.41, 5.74) is 10.4. The number of nitrogens with one attached hydrogen (secondary N) is 1. The molecule has 5 nitrogen and oxygen atoms in total. The molecule has 0 spiro atoms. The van der Waals surface area contributed by atoms with Crippen molar-refractivity contribution in [3.63, 3.8) is 0 Å². The summed E-state index contributed by atoms with van der Waals surface area (Å²) in [7, 11) is 1.69. The first-order valence-corrected chi connectivity index (χ1v) is 8.99. The second-order valence-electron chi connectivity index (χ2n) is 6.18. The second-order valence-corrected chi connectivity index (χ2v) is 6.18. The van der Waals surface area contributed by atoms with Crippen LogP contribution in [0.2, 0.25) is 0 Å². The van der Waals surface area contributed by atoms with E-state index >= 15 is 0 Å². The summed E-state index contributed by atoms with van der Waals surface area (Å²) < 4.78 is 10.9. The highest BCUT2D eigenvalue weighted by molar-refractivity contribution is 14.0. The molecule has 0 aliphatic heterocycles. The molecule has 27 heavy (non-hydrogen) atoms. The number of aliphatic imine (C=N–C) groups is 1. The van der Waals surface area contributed by atoms with Crippen LogP contribution in [0.25, 0.3) is 0 Å². The van der Waals surface area contributed by atoms with E-state index in [2.05, 4.69) is 35.4 Å². The highest BCUT2D eigenvalue weighted by atomic mass is 127. The van der Waals surface area contributed by atoms with Crippen molar-refractivity contribution < 1.29 is 9.47 Å². The Morgan fingerprint density at radius 2 is 1.85 bits per heavy atom. The Morgan fingerprint density at radius 1 is 1.11 bits per heavy atom. The number of nitrogens with zero attached hydrogens (tertiary/aromatic N) is 1. The molecule has 6 heteroatoms. The zero-order valence-corrected chi connectivity index (χ0v) is 18.7. The molecule has 0 heterocycles. The lowest BCUT2D eigenvalue weighted by atomic mass is 10.1. The monoisotopic (exact) mass is 483 g/mol. The van der Waals surface area contributed by atoms with Crippen molar-refractivity contribution in [2.24, 2.45) is 10.7 Å². The van der Waals surface area contributed by atoms with Crippen LogP contribution in [0.1, 0.15) is 30.0 Å². The average Bonchev–Trinajstić information content (AvgIpc) is 2.65. The van der Waals surface area contributed by atoms with Crippen molar-refractivity contribution in [1.82, 2.24) is 0 Å². The molecule has 0 amide bonds. The number of rotatable bonds is 9. The first kappa shape index (κ1) is 23.2. The lowest BCUT2D eigenvalue weighted by Gasteiger charge is -2.12.